The van der Waals surface area contributed by atoms with Crippen LogP contribution in [0.1, 0.15) is 5.56 Å². The quantitative estimate of drug-likeness (QED) is 0.183. The smallest absolute Gasteiger partial charge is 0.211 e. The highest BCUT2D eigenvalue weighted by molar-refractivity contribution is 6.11. The molecule has 9 aromatic rings. The molecule has 0 atom stereocenters. The number of benzene rings is 7. The zero-order valence-corrected chi connectivity index (χ0v) is 25.8. The molecule has 0 amide bonds. The van der Waals surface area contributed by atoms with Crippen LogP contribution in [0.2, 0.25) is 0 Å². The largest absolute Gasteiger partial charge is 0.318 e. The molecule has 0 unspecified atom stereocenters. The van der Waals surface area contributed by atoms with E-state index in [-0.39, 0.29) is 0 Å². The lowest BCUT2D eigenvalue weighted by Gasteiger charge is -2.18. The van der Waals surface area contributed by atoms with Crippen LogP contribution in [-0.4, -0.2) is 9.13 Å². The first-order valence-corrected chi connectivity index (χ1v) is 15.9. The summed E-state index contributed by atoms with van der Waals surface area (Å²) < 4.78 is 4.48. The van der Waals surface area contributed by atoms with Crippen LogP contribution in [-0.2, 0) is 0 Å². The minimum Gasteiger partial charge on any atom is -0.318 e. The molecule has 2 aromatic heterocycles. The molecule has 222 valence electrons. The number of hydrogen-bond acceptors (Lipinski definition) is 1. The summed E-state index contributed by atoms with van der Waals surface area (Å²) in [5.41, 5.74) is 10.6. The summed E-state index contributed by atoms with van der Waals surface area (Å²) in [7, 11) is 0. The number of aromatic nitrogens is 2. The molecule has 0 bridgehead atoms. The normalized spacial score (nSPS) is 11.3. The van der Waals surface area contributed by atoms with Crippen LogP contribution in [0.15, 0.2) is 158 Å². The lowest BCUT2D eigenvalue weighted by molar-refractivity contribution is 1.18. The van der Waals surface area contributed by atoms with Crippen LogP contribution < -0.4 is 0 Å². The van der Waals surface area contributed by atoms with Gasteiger partial charge in [0.2, 0.25) is 5.69 Å². The van der Waals surface area contributed by atoms with Crippen molar-refractivity contribution in [1.82, 2.24) is 9.13 Å². The molecule has 2 heterocycles. The second kappa shape index (κ2) is 10.9. The van der Waals surface area contributed by atoms with Gasteiger partial charge in [0.05, 0.1) is 39.9 Å². The average molecular weight is 611 g/mol. The van der Waals surface area contributed by atoms with E-state index in [9.17, 15) is 5.26 Å². The lowest BCUT2D eigenvalue weighted by atomic mass is 9.91. The number of nitrogens with zero attached hydrogens (tertiary/aromatic N) is 4. The second-order valence-corrected chi connectivity index (χ2v) is 11.9. The third-order valence-electron chi connectivity index (χ3n) is 9.40. The summed E-state index contributed by atoms with van der Waals surface area (Å²) >= 11 is 0. The van der Waals surface area contributed by atoms with Gasteiger partial charge in [-0.2, -0.15) is 5.26 Å². The zero-order valence-electron chi connectivity index (χ0n) is 25.8. The molecule has 0 spiro atoms. The summed E-state index contributed by atoms with van der Waals surface area (Å²) in [5.74, 6) is 0. The summed E-state index contributed by atoms with van der Waals surface area (Å²) in [4.78, 5) is 4.00. The first-order chi connectivity index (χ1) is 23.8. The van der Waals surface area contributed by atoms with Crippen molar-refractivity contribution in [1.29, 1.82) is 5.26 Å². The second-order valence-electron chi connectivity index (χ2n) is 11.9. The van der Waals surface area contributed by atoms with Crippen LogP contribution in [0.5, 0.6) is 0 Å². The topological polar surface area (TPSA) is 38.0 Å². The third kappa shape index (κ3) is 4.01. The molecule has 0 radical (unpaired) electrons. The molecule has 4 nitrogen and oxygen atoms in total. The van der Waals surface area contributed by atoms with E-state index >= 15 is 0 Å². The van der Waals surface area contributed by atoms with E-state index in [1.807, 2.05) is 60.7 Å². The van der Waals surface area contributed by atoms with Crippen molar-refractivity contribution in [3.63, 3.8) is 0 Å². The molecular weight excluding hydrogens is 585 g/mol. The van der Waals surface area contributed by atoms with Gasteiger partial charge in [-0.25, -0.2) is 4.85 Å². The van der Waals surface area contributed by atoms with E-state index < -0.39 is 0 Å². The van der Waals surface area contributed by atoms with Crippen molar-refractivity contribution in [2.45, 2.75) is 0 Å². The van der Waals surface area contributed by atoms with Crippen molar-refractivity contribution in [2.75, 3.05) is 0 Å². The minimum atomic E-state index is 0.529. The minimum absolute atomic E-state index is 0.529. The van der Waals surface area contributed by atoms with E-state index in [0.29, 0.717) is 11.3 Å². The maximum Gasteiger partial charge on any atom is 0.211 e. The molecule has 0 aliphatic heterocycles. The lowest BCUT2D eigenvalue weighted by Crippen LogP contribution is -2.00. The fourth-order valence-corrected chi connectivity index (χ4v) is 7.39. The fourth-order valence-electron chi connectivity index (χ4n) is 7.39. The number of para-hydroxylation sites is 5. The molecule has 0 saturated carbocycles. The van der Waals surface area contributed by atoms with E-state index in [2.05, 4.69) is 117 Å². The molecule has 7 aromatic carbocycles. The van der Waals surface area contributed by atoms with Gasteiger partial charge in [0.25, 0.3) is 0 Å². The molecule has 0 fully saturated rings. The Kier molecular flexibility index (Phi) is 6.22. The Labute approximate surface area is 277 Å². The summed E-state index contributed by atoms with van der Waals surface area (Å²) in [6, 6.07) is 56.4. The highest BCUT2D eigenvalue weighted by Gasteiger charge is 2.21. The Balaban J connectivity index is 1.28. The molecule has 4 heteroatoms. The molecule has 0 saturated heterocycles. The maximum absolute atomic E-state index is 10.8. The van der Waals surface area contributed by atoms with E-state index in [4.69, 9.17) is 6.57 Å². The van der Waals surface area contributed by atoms with Gasteiger partial charge in [-0.3, -0.25) is 0 Å². The molecule has 0 aliphatic carbocycles. The SMILES string of the molecule is [C-]#[N+]c1cccc(-c2cccc(-c3cccc(-n4c5ccccc5c5ccccc54)c3)c2C#N)c1-n1c2ccccc2c2ccccc21. The summed E-state index contributed by atoms with van der Waals surface area (Å²) in [6.07, 6.45) is 0. The molecular formula is C44H26N4. The average Bonchev–Trinajstić information content (AvgIpc) is 3.67. The molecule has 0 aliphatic rings. The van der Waals surface area contributed by atoms with Gasteiger partial charge in [-0.1, -0.05) is 121 Å². The van der Waals surface area contributed by atoms with Crippen molar-refractivity contribution in [3.8, 4) is 39.7 Å². The van der Waals surface area contributed by atoms with Gasteiger partial charge < -0.3 is 9.13 Å². The Hall–Kier alpha value is -6.88. The summed E-state index contributed by atoms with van der Waals surface area (Å²) in [6.45, 7) is 8.19. The van der Waals surface area contributed by atoms with Crippen molar-refractivity contribution in [3.05, 3.63) is 175 Å². The number of fused-ring (bicyclic) bond motifs is 6. The highest BCUT2D eigenvalue weighted by Crippen LogP contribution is 2.43. The standard InChI is InChI=1S/C44H26N4/c1-46-39-22-12-21-37(44(39)48-42-25-8-4-17-35(42)36-18-5-9-26-43(36)48)32-20-11-19-31(38(32)28-45)29-13-10-14-30(27-29)47-40-23-6-2-15-33(40)34-16-3-7-24-41(34)47/h2-27H. The van der Waals surface area contributed by atoms with Crippen LogP contribution in [0.3, 0.4) is 0 Å². The zero-order chi connectivity index (χ0) is 32.2. The summed E-state index contributed by atoms with van der Waals surface area (Å²) in [5, 5.41) is 15.5. The van der Waals surface area contributed by atoms with Crippen molar-refractivity contribution >= 4 is 49.3 Å². The van der Waals surface area contributed by atoms with Crippen molar-refractivity contribution in [2.24, 2.45) is 0 Å². The fraction of sp³-hybridized carbons (Fsp3) is 0. The third-order valence-corrected chi connectivity index (χ3v) is 9.40. The number of nitriles is 1. The van der Waals surface area contributed by atoms with Crippen LogP contribution in [0.4, 0.5) is 5.69 Å². The number of rotatable bonds is 4. The Morgan fingerprint density at radius 3 is 1.52 bits per heavy atom. The number of hydrogen-bond donors (Lipinski definition) is 0. The van der Waals surface area contributed by atoms with Crippen LogP contribution >= 0.6 is 0 Å². The van der Waals surface area contributed by atoms with Gasteiger partial charge in [0, 0.05) is 38.4 Å². The maximum atomic E-state index is 10.8. The Morgan fingerprint density at radius 1 is 0.479 bits per heavy atom. The monoisotopic (exact) mass is 610 g/mol. The van der Waals surface area contributed by atoms with Crippen LogP contribution in [0.25, 0.3) is 82.1 Å². The van der Waals surface area contributed by atoms with Gasteiger partial charge >= 0.3 is 0 Å². The van der Waals surface area contributed by atoms with Gasteiger partial charge in [-0.05, 0) is 47.5 Å². The van der Waals surface area contributed by atoms with Crippen molar-refractivity contribution < 1.29 is 0 Å². The molecule has 9 rings (SSSR count). The van der Waals surface area contributed by atoms with Gasteiger partial charge in [-0.15, -0.1) is 0 Å². The predicted molar refractivity (Wildman–Crippen MR) is 197 cm³/mol. The molecule has 0 N–H and O–H groups in total. The van der Waals surface area contributed by atoms with E-state index in [0.717, 1.165) is 66.5 Å². The van der Waals surface area contributed by atoms with Gasteiger partial charge in [0.1, 0.15) is 6.07 Å². The first kappa shape index (κ1) is 27.4. The van der Waals surface area contributed by atoms with Gasteiger partial charge in [0.15, 0.2) is 0 Å². The van der Waals surface area contributed by atoms with E-state index in [1.165, 1.54) is 10.8 Å². The predicted octanol–water partition coefficient (Wildman–Crippen LogP) is 11.6. The Bertz CT molecular complexity index is 2710. The highest BCUT2D eigenvalue weighted by atomic mass is 15.0. The Morgan fingerprint density at radius 2 is 0.958 bits per heavy atom. The van der Waals surface area contributed by atoms with Crippen LogP contribution in [0, 0.1) is 17.9 Å². The molecule has 48 heavy (non-hydrogen) atoms. The first-order valence-electron chi connectivity index (χ1n) is 15.9. The van der Waals surface area contributed by atoms with E-state index in [1.54, 1.807) is 0 Å².